The molecular weight excluding hydrogens is 637 g/mol. The van der Waals surface area contributed by atoms with Crippen LogP contribution in [0.4, 0.5) is 11.4 Å². The van der Waals surface area contributed by atoms with Crippen LogP contribution >= 0.6 is 35.0 Å². The van der Waals surface area contributed by atoms with E-state index in [-0.39, 0.29) is 11.6 Å². The summed E-state index contributed by atoms with van der Waals surface area (Å²) in [6.45, 7) is 1.86. The molecule has 0 aliphatic carbocycles. The fraction of sp³-hybridized carbons (Fsp3) is 0.0541. The largest absolute Gasteiger partial charge is 0.325 e. The third-order valence-corrected chi connectivity index (χ3v) is 8.83. The lowest BCUT2D eigenvalue weighted by atomic mass is 10.1. The summed E-state index contributed by atoms with van der Waals surface area (Å²) in [6, 6.07) is 37.7. The summed E-state index contributed by atoms with van der Waals surface area (Å²) < 4.78 is 0. The van der Waals surface area contributed by atoms with E-state index in [4.69, 9.17) is 23.2 Å². The molecule has 0 heterocycles. The van der Waals surface area contributed by atoms with Crippen LogP contribution in [0.3, 0.4) is 0 Å². The molecule has 0 spiro atoms. The molecule has 0 aliphatic rings. The lowest BCUT2D eigenvalue weighted by molar-refractivity contribution is -0.116. The lowest BCUT2D eigenvalue weighted by Gasteiger charge is -2.18. The SMILES string of the molecule is Cc1c(Cl)cccc1NC(=O)C(Sc1ccc(NC(=O)/C(=C/c2cccc(Cl)c2)NC(=O)c2ccccc2)cc1)c1ccccc1. The first-order chi connectivity index (χ1) is 22.3. The molecule has 0 fully saturated rings. The van der Waals surface area contributed by atoms with E-state index < -0.39 is 17.1 Å². The van der Waals surface area contributed by atoms with Crippen LogP contribution in [0, 0.1) is 6.92 Å². The normalized spacial score (nSPS) is 11.8. The van der Waals surface area contributed by atoms with E-state index in [2.05, 4.69) is 16.0 Å². The first kappa shape index (κ1) is 32.6. The van der Waals surface area contributed by atoms with Crippen molar-refractivity contribution in [3.8, 4) is 0 Å². The summed E-state index contributed by atoms with van der Waals surface area (Å²) in [5, 5.41) is 9.12. The van der Waals surface area contributed by atoms with Crippen molar-refractivity contribution < 1.29 is 14.4 Å². The Balaban J connectivity index is 1.33. The van der Waals surface area contributed by atoms with E-state index in [9.17, 15) is 14.4 Å². The molecule has 1 unspecified atom stereocenters. The third-order valence-electron chi connectivity index (χ3n) is 6.92. The number of halogens is 2. The number of carbonyl (C=O) groups excluding carboxylic acids is 3. The summed E-state index contributed by atoms with van der Waals surface area (Å²) >= 11 is 13.8. The van der Waals surface area contributed by atoms with Gasteiger partial charge in [0.2, 0.25) is 5.91 Å². The first-order valence-corrected chi connectivity index (χ1v) is 15.9. The van der Waals surface area contributed by atoms with E-state index in [1.807, 2.05) is 61.5 Å². The van der Waals surface area contributed by atoms with E-state index in [1.165, 1.54) is 11.8 Å². The maximum atomic E-state index is 13.5. The van der Waals surface area contributed by atoms with Gasteiger partial charge in [0.15, 0.2) is 0 Å². The minimum absolute atomic E-state index is 0.0479. The van der Waals surface area contributed by atoms with Crippen molar-refractivity contribution in [3.05, 3.63) is 165 Å². The van der Waals surface area contributed by atoms with Crippen LogP contribution in [0.15, 0.2) is 138 Å². The average Bonchev–Trinajstić information content (AvgIpc) is 3.07. The third kappa shape index (κ3) is 8.67. The van der Waals surface area contributed by atoms with Crippen molar-refractivity contribution in [3.63, 3.8) is 0 Å². The van der Waals surface area contributed by atoms with Crippen molar-refractivity contribution in [1.29, 1.82) is 0 Å². The van der Waals surface area contributed by atoms with E-state index in [0.29, 0.717) is 32.5 Å². The molecule has 5 aromatic rings. The number of carbonyl (C=O) groups is 3. The zero-order chi connectivity index (χ0) is 32.5. The number of benzene rings is 5. The zero-order valence-corrected chi connectivity index (χ0v) is 27.0. The molecule has 230 valence electrons. The second kappa shape index (κ2) is 15.5. The topological polar surface area (TPSA) is 87.3 Å². The molecule has 5 aromatic carbocycles. The summed E-state index contributed by atoms with van der Waals surface area (Å²) in [5.74, 6) is -1.12. The molecule has 6 nitrogen and oxygen atoms in total. The van der Waals surface area contributed by atoms with Crippen LogP contribution in [0.1, 0.15) is 32.3 Å². The Hall–Kier alpha value is -4.82. The van der Waals surface area contributed by atoms with Crippen LogP contribution < -0.4 is 16.0 Å². The monoisotopic (exact) mass is 665 g/mol. The van der Waals surface area contributed by atoms with Gasteiger partial charge in [-0.3, -0.25) is 14.4 Å². The van der Waals surface area contributed by atoms with Gasteiger partial charge in [-0.15, -0.1) is 11.8 Å². The van der Waals surface area contributed by atoms with Crippen LogP contribution in [-0.2, 0) is 9.59 Å². The maximum Gasteiger partial charge on any atom is 0.272 e. The highest BCUT2D eigenvalue weighted by molar-refractivity contribution is 8.00. The number of hydrogen-bond donors (Lipinski definition) is 3. The molecule has 3 N–H and O–H groups in total. The van der Waals surface area contributed by atoms with Crippen molar-refractivity contribution in [1.82, 2.24) is 5.32 Å². The molecule has 46 heavy (non-hydrogen) atoms. The van der Waals surface area contributed by atoms with Crippen LogP contribution in [-0.4, -0.2) is 17.7 Å². The second-order valence-corrected chi connectivity index (χ2v) is 12.2. The van der Waals surface area contributed by atoms with Gasteiger partial charge in [0.05, 0.1) is 0 Å². The quantitative estimate of drug-likeness (QED) is 0.103. The fourth-order valence-corrected chi connectivity index (χ4v) is 5.90. The second-order valence-electron chi connectivity index (χ2n) is 10.2. The van der Waals surface area contributed by atoms with Gasteiger partial charge in [-0.05, 0) is 90.4 Å². The molecule has 0 bridgehead atoms. The van der Waals surface area contributed by atoms with Crippen molar-refractivity contribution in [2.24, 2.45) is 0 Å². The molecule has 0 saturated heterocycles. The summed E-state index contributed by atoms with van der Waals surface area (Å²) in [4.78, 5) is 40.7. The predicted molar refractivity (Wildman–Crippen MR) is 188 cm³/mol. The number of hydrogen-bond acceptors (Lipinski definition) is 4. The van der Waals surface area contributed by atoms with E-state index >= 15 is 0 Å². The van der Waals surface area contributed by atoms with Crippen molar-refractivity contribution in [2.75, 3.05) is 10.6 Å². The highest BCUT2D eigenvalue weighted by Gasteiger charge is 2.23. The molecular formula is C37H29Cl2N3O3S. The van der Waals surface area contributed by atoms with E-state index in [1.54, 1.807) is 78.9 Å². The summed E-state index contributed by atoms with van der Waals surface area (Å²) in [5.41, 5.74) is 3.90. The Morgan fingerprint density at radius 2 is 1.41 bits per heavy atom. The Morgan fingerprint density at radius 1 is 0.739 bits per heavy atom. The number of rotatable bonds is 10. The Labute approximate surface area is 281 Å². The minimum Gasteiger partial charge on any atom is -0.325 e. The lowest BCUT2D eigenvalue weighted by Crippen LogP contribution is -2.30. The molecule has 0 aliphatic heterocycles. The predicted octanol–water partition coefficient (Wildman–Crippen LogP) is 9.18. The molecule has 5 rings (SSSR count). The number of nitrogens with one attached hydrogen (secondary N) is 3. The van der Waals surface area contributed by atoms with Gasteiger partial charge in [0.1, 0.15) is 10.9 Å². The number of amides is 3. The molecule has 1 atom stereocenters. The van der Waals surface area contributed by atoms with Gasteiger partial charge < -0.3 is 16.0 Å². The number of anilines is 2. The smallest absolute Gasteiger partial charge is 0.272 e. The number of thioether (sulfide) groups is 1. The zero-order valence-electron chi connectivity index (χ0n) is 24.7. The van der Waals surface area contributed by atoms with Gasteiger partial charge in [0.25, 0.3) is 11.8 Å². The van der Waals surface area contributed by atoms with Gasteiger partial charge in [-0.2, -0.15) is 0 Å². The molecule has 0 radical (unpaired) electrons. The van der Waals surface area contributed by atoms with Gasteiger partial charge in [-0.25, -0.2) is 0 Å². The summed E-state index contributed by atoms with van der Waals surface area (Å²) in [7, 11) is 0. The molecule has 3 amide bonds. The highest BCUT2D eigenvalue weighted by atomic mass is 35.5. The standard InChI is InChI=1S/C37H29Cl2N3O3S/c1-24-31(39)16-9-17-32(24)41-37(45)34(26-11-4-2-5-12-26)46-30-20-18-29(19-21-30)40-36(44)33(23-25-10-8-15-28(38)22-25)42-35(43)27-13-6-3-7-14-27/h2-23,34H,1H3,(H,40,44)(H,41,45)(H,42,43)/b33-23-. The molecule has 9 heteroatoms. The average molecular weight is 667 g/mol. The molecule has 0 saturated carbocycles. The van der Waals surface area contributed by atoms with Crippen molar-refractivity contribution >= 4 is 70.1 Å². The van der Waals surface area contributed by atoms with Gasteiger partial charge in [-0.1, -0.05) is 89.9 Å². The Morgan fingerprint density at radius 3 is 2.11 bits per heavy atom. The minimum atomic E-state index is -0.555. The van der Waals surface area contributed by atoms with Crippen molar-refractivity contribution in [2.45, 2.75) is 17.1 Å². The van der Waals surface area contributed by atoms with Crippen LogP contribution in [0.5, 0.6) is 0 Å². The van der Waals surface area contributed by atoms with Gasteiger partial charge >= 0.3 is 0 Å². The maximum absolute atomic E-state index is 13.5. The summed E-state index contributed by atoms with van der Waals surface area (Å²) in [6.07, 6.45) is 1.57. The molecule has 0 aromatic heterocycles. The van der Waals surface area contributed by atoms with Gasteiger partial charge in [0, 0.05) is 31.9 Å². The van der Waals surface area contributed by atoms with Crippen LogP contribution in [0.25, 0.3) is 6.08 Å². The Bertz CT molecular complexity index is 1880. The fourth-order valence-electron chi connectivity index (χ4n) is 4.50. The first-order valence-electron chi connectivity index (χ1n) is 14.3. The Kier molecular flexibility index (Phi) is 10.9. The highest BCUT2D eigenvalue weighted by Crippen LogP contribution is 2.37. The van der Waals surface area contributed by atoms with E-state index in [0.717, 1.165) is 16.0 Å². The van der Waals surface area contributed by atoms with Crippen LogP contribution in [0.2, 0.25) is 10.0 Å².